The Labute approximate surface area is 142 Å². The summed E-state index contributed by atoms with van der Waals surface area (Å²) < 4.78 is 37.7. The van der Waals surface area contributed by atoms with Crippen molar-refractivity contribution in [1.82, 2.24) is 10.6 Å². The predicted octanol–water partition coefficient (Wildman–Crippen LogP) is 4.05. The molecule has 0 saturated carbocycles. The third kappa shape index (κ3) is 5.65. The number of carbonyl (C=O) groups excluding carboxylic acids is 1. The van der Waals surface area contributed by atoms with Crippen molar-refractivity contribution < 1.29 is 18.0 Å². The highest BCUT2D eigenvalue weighted by atomic mass is 32.1. The fourth-order valence-electron chi connectivity index (χ4n) is 2.14. The highest BCUT2D eigenvalue weighted by Gasteiger charge is 2.29. The van der Waals surface area contributed by atoms with Crippen LogP contribution >= 0.6 is 11.3 Å². The molecule has 2 aromatic rings. The summed E-state index contributed by atoms with van der Waals surface area (Å²) in [7, 11) is 0. The van der Waals surface area contributed by atoms with Crippen molar-refractivity contribution in [3.63, 3.8) is 0 Å². The van der Waals surface area contributed by atoms with Crippen LogP contribution in [0.4, 0.5) is 13.2 Å². The number of benzene rings is 1. The molecule has 2 N–H and O–H groups in total. The molecule has 1 heterocycles. The highest BCUT2D eigenvalue weighted by Crippen LogP contribution is 2.33. The molecule has 7 heteroatoms. The monoisotopic (exact) mass is 356 g/mol. The molecule has 2 rings (SSSR count). The minimum Gasteiger partial charge on any atom is -0.356 e. The first kappa shape index (κ1) is 18.5. The molecule has 24 heavy (non-hydrogen) atoms. The average molecular weight is 356 g/mol. The Morgan fingerprint density at radius 3 is 2.42 bits per heavy atom. The van der Waals surface area contributed by atoms with Gasteiger partial charge in [-0.2, -0.15) is 13.2 Å². The second-order valence-corrected chi connectivity index (χ2v) is 6.52. The first-order chi connectivity index (χ1) is 11.4. The van der Waals surface area contributed by atoms with E-state index in [9.17, 15) is 18.0 Å². The summed E-state index contributed by atoms with van der Waals surface area (Å²) in [5, 5.41) is 6.01. The number of hydrogen-bond donors (Lipinski definition) is 2. The zero-order chi connectivity index (χ0) is 17.6. The molecular weight excluding hydrogens is 337 g/mol. The maximum Gasteiger partial charge on any atom is 0.416 e. The summed E-state index contributed by atoms with van der Waals surface area (Å²) in [5.74, 6) is -0.0329. The fraction of sp³-hybridized carbons (Fsp3) is 0.353. The summed E-state index contributed by atoms with van der Waals surface area (Å²) in [4.78, 5) is 12.8. The number of halogens is 3. The number of thiophene rings is 1. The fourth-order valence-corrected chi connectivity index (χ4v) is 3.12. The van der Waals surface area contributed by atoms with E-state index in [4.69, 9.17) is 0 Å². The van der Waals surface area contributed by atoms with Crippen LogP contribution in [-0.2, 0) is 17.5 Å². The van der Waals surface area contributed by atoms with E-state index < -0.39 is 11.7 Å². The van der Waals surface area contributed by atoms with Crippen LogP contribution in [0.25, 0.3) is 10.4 Å². The van der Waals surface area contributed by atoms with Gasteiger partial charge in [-0.3, -0.25) is 4.79 Å². The number of alkyl halides is 3. The van der Waals surface area contributed by atoms with Crippen LogP contribution in [0, 0.1) is 0 Å². The number of hydrogen-bond acceptors (Lipinski definition) is 3. The largest absolute Gasteiger partial charge is 0.416 e. The molecule has 0 saturated heterocycles. The molecule has 1 aromatic carbocycles. The lowest BCUT2D eigenvalue weighted by atomic mass is 10.1. The van der Waals surface area contributed by atoms with Gasteiger partial charge in [0.15, 0.2) is 0 Å². The third-order valence-corrected chi connectivity index (χ3v) is 4.50. The van der Waals surface area contributed by atoms with E-state index >= 15 is 0 Å². The van der Waals surface area contributed by atoms with Crippen LogP contribution in [0.3, 0.4) is 0 Å². The third-order valence-electron chi connectivity index (χ3n) is 3.36. The SMILES string of the molecule is CC(=O)NCCCNCc1ccc(-c2ccc(C(F)(F)F)cc2)s1. The molecule has 0 aliphatic rings. The first-order valence-corrected chi connectivity index (χ1v) is 8.39. The smallest absolute Gasteiger partial charge is 0.356 e. The Kier molecular flexibility index (Phi) is 6.39. The topological polar surface area (TPSA) is 41.1 Å². The Bertz CT molecular complexity index is 665. The van der Waals surface area contributed by atoms with Gasteiger partial charge >= 0.3 is 6.18 Å². The molecule has 0 aliphatic carbocycles. The number of nitrogens with one attached hydrogen (secondary N) is 2. The van der Waals surface area contributed by atoms with Crippen molar-refractivity contribution in [3.05, 3.63) is 46.8 Å². The lowest BCUT2D eigenvalue weighted by molar-refractivity contribution is -0.137. The van der Waals surface area contributed by atoms with E-state index in [1.54, 1.807) is 11.3 Å². The van der Waals surface area contributed by atoms with Crippen LogP contribution in [0.5, 0.6) is 0 Å². The van der Waals surface area contributed by atoms with Gasteiger partial charge in [-0.25, -0.2) is 0 Å². The number of amides is 1. The summed E-state index contributed by atoms with van der Waals surface area (Å²) in [6.07, 6.45) is -3.46. The maximum atomic E-state index is 12.6. The van der Waals surface area contributed by atoms with Gasteiger partial charge in [-0.15, -0.1) is 11.3 Å². The van der Waals surface area contributed by atoms with Gasteiger partial charge in [0.25, 0.3) is 0 Å². The van der Waals surface area contributed by atoms with E-state index in [-0.39, 0.29) is 5.91 Å². The van der Waals surface area contributed by atoms with Gasteiger partial charge in [-0.1, -0.05) is 12.1 Å². The van der Waals surface area contributed by atoms with Crippen molar-refractivity contribution in [2.75, 3.05) is 13.1 Å². The molecule has 0 spiro atoms. The van der Waals surface area contributed by atoms with Crippen molar-refractivity contribution in [2.45, 2.75) is 26.1 Å². The summed E-state index contributed by atoms with van der Waals surface area (Å²) in [6, 6.07) is 9.10. The van der Waals surface area contributed by atoms with Crippen LogP contribution in [0.2, 0.25) is 0 Å². The zero-order valence-electron chi connectivity index (χ0n) is 13.2. The lowest BCUT2D eigenvalue weighted by Crippen LogP contribution is -2.24. The number of rotatable bonds is 7. The standard InChI is InChI=1S/C17H19F3N2OS/c1-12(23)22-10-2-9-21-11-15-7-8-16(24-15)13-3-5-14(6-4-13)17(18,19)20/h3-8,21H,2,9-11H2,1H3,(H,22,23). The van der Waals surface area contributed by atoms with Gasteiger partial charge in [0.05, 0.1) is 5.56 Å². The molecule has 0 fully saturated rings. The molecule has 0 bridgehead atoms. The Balaban J connectivity index is 1.83. The van der Waals surface area contributed by atoms with Crippen LogP contribution in [-0.4, -0.2) is 19.0 Å². The molecule has 0 atom stereocenters. The summed E-state index contributed by atoms with van der Waals surface area (Å²) in [6.45, 7) is 3.62. The molecule has 0 aliphatic heterocycles. The second kappa shape index (κ2) is 8.30. The van der Waals surface area contributed by atoms with Gasteiger partial charge in [-0.05, 0) is 42.8 Å². The quantitative estimate of drug-likeness (QED) is 0.735. The minimum atomic E-state index is -4.31. The van der Waals surface area contributed by atoms with E-state index in [1.807, 2.05) is 12.1 Å². The van der Waals surface area contributed by atoms with Crippen molar-refractivity contribution in [2.24, 2.45) is 0 Å². The Morgan fingerprint density at radius 2 is 1.79 bits per heavy atom. The van der Waals surface area contributed by atoms with E-state index in [1.165, 1.54) is 19.1 Å². The summed E-state index contributed by atoms with van der Waals surface area (Å²) in [5.41, 5.74) is 0.147. The molecule has 0 unspecified atom stereocenters. The lowest BCUT2D eigenvalue weighted by Gasteiger charge is -2.06. The molecule has 1 amide bonds. The minimum absolute atomic E-state index is 0.0329. The van der Waals surface area contributed by atoms with Gasteiger partial charge in [0.2, 0.25) is 5.91 Å². The summed E-state index contributed by atoms with van der Waals surface area (Å²) >= 11 is 1.55. The Morgan fingerprint density at radius 1 is 1.08 bits per heavy atom. The Hall–Kier alpha value is -1.86. The molecular formula is C17H19F3N2OS. The normalized spacial score (nSPS) is 11.5. The van der Waals surface area contributed by atoms with Gasteiger partial charge in [0, 0.05) is 29.8 Å². The van der Waals surface area contributed by atoms with Gasteiger partial charge < -0.3 is 10.6 Å². The average Bonchev–Trinajstić information content (AvgIpc) is 2.98. The molecule has 130 valence electrons. The van der Waals surface area contributed by atoms with E-state index in [2.05, 4.69) is 10.6 Å². The van der Waals surface area contributed by atoms with Crippen molar-refractivity contribution >= 4 is 17.2 Å². The van der Waals surface area contributed by atoms with Crippen molar-refractivity contribution in [3.8, 4) is 10.4 Å². The van der Waals surface area contributed by atoms with Gasteiger partial charge in [0.1, 0.15) is 0 Å². The van der Waals surface area contributed by atoms with Crippen LogP contribution in [0.1, 0.15) is 23.8 Å². The molecule has 3 nitrogen and oxygen atoms in total. The van der Waals surface area contributed by atoms with E-state index in [0.29, 0.717) is 13.1 Å². The molecule has 0 radical (unpaired) electrons. The highest BCUT2D eigenvalue weighted by molar-refractivity contribution is 7.15. The number of carbonyl (C=O) groups is 1. The van der Waals surface area contributed by atoms with Crippen LogP contribution in [0.15, 0.2) is 36.4 Å². The molecule has 1 aromatic heterocycles. The zero-order valence-corrected chi connectivity index (χ0v) is 14.1. The second-order valence-electron chi connectivity index (χ2n) is 5.35. The predicted molar refractivity (Wildman–Crippen MR) is 89.8 cm³/mol. The maximum absolute atomic E-state index is 12.6. The van der Waals surface area contributed by atoms with E-state index in [0.717, 1.165) is 40.4 Å². The van der Waals surface area contributed by atoms with Crippen LogP contribution < -0.4 is 10.6 Å². The van der Waals surface area contributed by atoms with Crippen molar-refractivity contribution in [1.29, 1.82) is 0 Å². The first-order valence-electron chi connectivity index (χ1n) is 7.58.